The van der Waals surface area contributed by atoms with Gasteiger partial charge in [-0.1, -0.05) is 24.9 Å². The molecule has 0 spiro atoms. The van der Waals surface area contributed by atoms with Crippen LogP contribution in [0.15, 0.2) is 30.9 Å². The fraction of sp³-hybridized carbons (Fsp3) is 0.400. The molecule has 0 aliphatic carbocycles. The van der Waals surface area contributed by atoms with Gasteiger partial charge in [-0.25, -0.2) is 9.97 Å². The van der Waals surface area contributed by atoms with E-state index in [1.54, 1.807) is 0 Å². The van der Waals surface area contributed by atoms with E-state index in [1.807, 2.05) is 31.6 Å². The number of hydrogen-bond acceptors (Lipinski definition) is 4. The van der Waals surface area contributed by atoms with Crippen LogP contribution < -0.4 is 4.90 Å². The smallest absolute Gasteiger partial charge is 0.137 e. The van der Waals surface area contributed by atoms with Gasteiger partial charge in [-0.3, -0.25) is 4.98 Å². The Morgan fingerprint density at radius 2 is 1.90 bits per heavy atom. The molecular formula is C15H19ClN4. The molecule has 0 saturated carbocycles. The van der Waals surface area contributed by atoms with Gasteiger partial charge in [-0.05, 0) is 30.5 Å². The highest BCUT2D eigenvalue weighted by Crippen LogP contribution is 2.24. The highest BCUT2D eigenvalue weighted by molar-refractivity contribution is 6.30. The van der Waals surface area contributed by atoms with Crippen molar-refractivity contribution in [3.05, 3.63) is 47.1 Å². The highest BCUT2D eigenvalue weighted by Gasteiger charge is 2.12. The van der Waals surface area contributed by atoms with Gasteiger partial charge >= 0.3 is 0 Å². The SMILES string of the molecule is CCCc1c(Cl)ncnc1N(C)CCc1ccncc1. The molecule has 0 N–H and O–H groups in total. The van der Waals surface area contributed by atoms with Gasteiger partial charge < -0.3 is 4.90 Å². The van der Waals surface area contributed by atoms with Crippen molar-refractivity contribution in [1.82, 2.24) is 15.0 Å². The molecule has 20 heavy (non-hydrogen) atoms. The monoisotopic (exact) mass is 290 g/mol. The number of halogens is 1. The molecule has 0 saturated heterocycles. The Bertz CT molecular complexity index is 545. The Morgan fingerprint density at radius 1 is 1.15 bits per heavy atom. The second-order valence-electron chi connectivity index (χ2n) is 4.74. The molecule has 0 aromatic carbocycles. The van der Waals surface area contributed by atoms with Crippen molar-refractivity contribution in [2.24, 2.45) is 0 Å². The van der Waals surface area contributed by atoms with Crippen LogP contribution in [0.5, 0.6) is 0 Å². The summed E-state index contributed by atoms with van der Waals surface area (Å²) in [5.41, 5.74) is 2.30. The van der Waals surface area contributed by atoms with E-state index >= 15 is 0 Å². The lowest BCUT2D eigenvalue weighted by Crippen LogP contribution is -2.23. The summed E-state index contributed by atoms with van der Waals surface area (Å²) in [6.45, 7) is 3.01. The highest BCUT2D eigenvalue weighted by atomic mass is 35.5. The Balaban J connectivity index is 2.09. The summed E-state index contributed by atoms with van der Waals surface area (Å²) < 4.78 is 0. The van der Waals surface area contributed by atoms with Crippen LogP contribution in [0, 0.1) is 0 Å². The molecule has 0 bridgehead atoms. The largest absolute Gasteiger partial charge is 0.359 e. The molecule has 2 heterocycles. The zero-order valence-electron chi connectivity index (χ0n) is 11.9. The lowest BCUT2D eigenvalue weighted by molar-refractivity contribution is 0.824. The lowest BCUT2D eigenvalue weighted by atomic mass is 10.1. The summed E-state index contributed by atoms with van der Waals surface area (Å²) >= 11 is 6.18. The molecule has 0 fully saturated rings. The van der Waals surface area contributed by atoms with E-state index in [-0.39, 0.29) is 0 Å². The molecule has 0 aliphatic heterocycles. The van der Waals surface area contributed by atoms with Crippen molar-refractivity contribution in [2.75, 3.05) is 18.5 Å². The first-order valence-corrected chi connectivity index (χ1v) is 7.19. The Morgan fingerprint density at radius 3 is 2.60 bits per heavy atom. The first-order chi connectivity index (χ1) is 9.72. The Kier molecular flexibility index (Phi) is 5.30. The summed E-state index contributed by atoms with van der Waals surface area (Å²) in [6.07, 6.45) is 8.04. The second-order valence-corrected chi connectivity index (χ2v) is 5.10. The van der Waals surface area contributed by atoms with Gasteiger partial charge in [0.1, 0.15) is 17.3 Å². The molecule has 0 amide bonds. The van der Waals surface area contributed by atoms with Gasteiger partial charge in [0.25, 0.3) is 0 Å². The number of pyridine rings is 1. The van der Waals surface area contributed by atoms with E-state index in [4.69, 9.17) is 11.6 Å². The number of nitrogens with zero attached hydrogens (tertiary/aromatic N) is 4. The first-order valence-electron chi connectivity index (χ1n) is 6.81. The number of rotatable bonds is 6. The van der Waals surface area contributed by atoms with E-state index in [1.165, 1.54) is 11.9 Å². The summed E-state index contributed by atoms with van der Waals surface area (Å²) in [4.78, 5) is 14.6. The summed E-state index contributed by atoms with van der Waals surface area (Å²) in [7, 11) is 2.04. The molecule has 4 nitrogen and oxygen atoms in total. The van der Waals surface area contributed by atoms with Gasteiger partial charge in [0.2, 0.25) is 0 Å². The molecule has 106 valence electrons. The third-order valence-corrected chi connectivity index (χ3v) is 3.54. The zero-order chi connectivity index (χ0) is 14.4. The molecule has 0 aliphatic rings. The lowest BCUT2D eigenvalue weighted by Gasteiger charge is -2.21. The van der Waals surface area contributed by atoms with Crippen LogP contribution in [0.2, 0.25) is 5.15 Å². The average Bonchev–Trinajstić information content (AvgIpc) is 2.48. The van der Waals surface area contributed by atoms with E-state index in [0.29, 0.717) is 5.15 Å². The quantitative estimate of drug-likeness (QED) is 0.767. The fourth-order valence-electron chi connectivity index (χ4n) is 2.13. The van der Waals surface area contributed by atoms with E-state index < -0.39 is 0 Å². The second kappa shape index (κ2) is 7.20. The van der Waals surface area contributed by atoms with Crippen LogP contribution in [0.4, 0.5) is 5.82 Å². The molecule has 2 rings (SSSR count). The van der Waals surface area contributed by atoms with Crippen molar-refractivity contribution in [3.63, 3.8) is 0 Å². The number of likely N-dealkylation sites (N-methyl/N-ethyl adjacent to an activating group) is 1. The minimum atomic E-state index is 0.563. The molecule has 2 aromatic heterocycles. The minimum Gasteiger partial charge on any atom is -0.359 e. The fourth-order valence-corrected chi connectivity index (χ4v) is 2.35. The summed E-state index contributed by atoms with van der Waals surface area (Å²) in [5.74, 6) is 0.931. The number of anilines is 1. The molecular weight excluding hydrogens is 272 g/mol. The van der Waals surface area contributed by atoms with Crippen LogP contribution >= 0.6 is 11.6 Å². The third-order valence-electron chi connectivity index (χ3n) is 3.22. The number of hydrogen-bond donors (Lipinski definition) is 0. The van der Waals surface area contributed by atoms with Gasteiger partial charge in [0.05, 0.1) is 0 Å². The molecule has 0 radical (unpaired) electrons. The molecule has 2 aromatic rings. The third kappa shape index (κ3) is 3.67. The standard InChI is InChI=1S/C15H19ClN4/c1-3-4-13-14(16)18-11-19-15(13)20(2)10-7-12-5-8-17-9-6-12/h5-6,8-9,11H,3-4,7,10H2,1-2H3. The average molecular weight is 291 g/mol. The van der Waals surface area contributed by atoms with E-state index in [2.05, 4.69) is 26.8 Å². The predicted molar refractivity (Wildman–Crippen MR) is 82.2 cm³/mol. The zero-order valence-corrected chi connectivity index (χ0v) is 12.6. The van der Waals surface area contributed by atoms with Gasteiger partial charge in [0.15, 0.2) is 0 Å². The van der Waals surface area contributed by atoms with Crippen LogP contribution in [-0.2, 0) is 12.8 Å². The van der Waals surface area contributed by atoms with Crippen LogP contribution in [0.25, 0.3) is 0 Å². The Hall–Kier alpha value is -1.68. The summed E-state index contributed by atoms with van der Waals surface area (Å²) in [5, 5.41) is 0.563. The maximum Gasteiger partial charge on any atom is 0.137 e. The summed E-state index contributed by atoms with van der Waals surface area (Å²) in [6, 6.07) is 4.07. The Labute approximate surface area is 124 Å². The molecule has 0 atom stereocenters. The van der Waals surface area contributed by atoms with Gasteiger partial charge in [-0.2, -0.15) is 0 Å². The van der Waals surface area contributed by atoms with Crippen molar-refractivity contribution < 1.29 is 0 Å². The number of aromatic nitrogens is 3. The van der Waals surface area contributed by atoms with E-state index in [0.717, 1.165) is 37.2 Å². The normalized spacial score (nSPS) is 10.6. The topological polar surface area (TPSA) is 41.9 Å². The molecule has 5 heteroatoms. The van der Waals surface area contributed by atoms with Crippen molar-refractivity contribution in [2.45, 2.75) is 26.2 Å². The maximum absolute atomic E-state index is 6.18. The minimum absolute atomic E-state index is 0.563. The van der Waals surface area contributed by atoms with Crippen molar-refractivity contribution in [1.29, 1.82) is 0 Å². The molecule has 0 unspecified atom stereocenters. The predicted octanol–water partition coefficient (Wildman–Crippen LogP) is 3.16. The maximum atomic E-state index is 6.18. The van der Waals surface area contributed by atoms with Crippen LogP contribution in [0.3, 0.4) is 0 Å². The van der Waals surface area contributed by atoms with Crippen molar-refractivity contribution >= 4 is 17.4 Å². The van der Waals surface area contributed by atoms with E-state index in [9.17, 15) is 0 Å². The van der Waals surface area contributed by atoms with Crippen molar-refractivity contribution in [3.8, 4) is 0 Å². The first kappa shape index (κ1) is 14.7. The van der Waals surface area contributed by atoms with Crippen LogP contribution in [-0.4, -0.2) is 28.5 Å². The van der Waals surface area contributed by atoms with Gasteiger partial charge in [-0.15, -0.1) is 0 Å². The van der Waals surface area contributed by atoms with Crippen LogP contribution in [0.1, 0.15) is 24.5 Å². The van der Waals surface area contributed by atoms with Gasteiger partial charge in [0, 0.05) is 31.5 Å².